The summed E-state index contributed by atoms with van der Waals surface area (Å²) in [7, 11) is 0. The molecule has 0 amide bonds. The third-order valence-electron chi connectivity index (χ3n) is 4.80. The van der Waals surface area contributed by atoms with Crippen molar-refractivity contribution < 1.29 is 0 Å². The smallest absolute Gasteiger partial charge is 0.0708 e. The van der Waals surface area contributed by atoms with Crippen molar-refractivity contribution in [1.29, 1.82) is 0 Å². The monoisotopic (exact) mass is 297 g/mol. The van der Waals surface area contributed by atoms with E-state index in [-0.39, 0.29) is 6.04 Å². The highest BCUT2D eigenvalue weighted by molar-refractivity contribution is 5.84. The lowest BCUT2D eigenvalue weighted by atomic mass is 9.85. The molecule has 1 aromatic carbocycles. The van der Waals surface area contributed by atoms with Crippen LogP contribution in [0, 0.1) is 0 Å². The van der Waals surface area contributed by atoms with Crippen molar-refractivity contribution in [2.24, 2.45) is 11.5 Å². The van der Waals surface area contributed by atoms with Crippen LogP contribution < -0.4 is 11.5 Å². The summed E-state index contributed by atoms with van der Waals surface area (Å²) in [6, 6.07) is 8.60. The number of fused-ring (bicyclic) bond motifs is 2. The summed E-state index contributed by atoms with van der Waals surface area (Å²) in [6.45, 7) is 0.781. The molecule has 0 radical (unpaired) electrons. The molecule has 1 unspecified atom stereocenters. The molecule has 4 N–H and O–H groups in total. The van der Waals surface area contributed by atoms with Gasteiger partial charge in [0.2, 0.25) is 0 Å². The zero-order chi connectivity index (χ0) is 15.4. The average molecular weight is 297 g/mol. The lowest BCUT2D eigenvalue weighted by Gasteiger charge is -2.24. The Hall–Kier alpha value is -1.45. The summed E-state index contributed by atoms with van der Waals surface area (Å²) in [5.41, 5.74) is 17.4. The first-order valence-corrected chi connectivity index (χ1v) is 8.67. The summed E-state index contributed by atoms with van der Waals surface area (Å²) in [5.74, 6) is 0. The molecule has 1 aliphatic rings. The standard InChI is InChI=1S/C19H27N3/c20-13-7-1-2-10-16(21)19-14-8-3-5-11-17(14)22-18-12-6-4-9-15(18)19/h3,5,8,11,16H,1-2,4,6-7,9-10,12-13,20-21H2. The van der Waals surface area contributed by atoms with Gasteiger partial charge in [0.05, 0.1) is 5.52 Å². The second kappa shape index (κ2) is 7.21. The summed E-state index contributed by atoms with van der Waals surface area (Å²) in [6.07, 6.45) is 9.23. The highest BCUT2D eigenvalue weighted by Gasteiger charge is 2.21. The molecule has 0 spiro atoms. The van der Waals surface area contributed by atoms with Crippen LogP contribution in [0.15, 0.2) is 24.3 Å². The number of rotatable bonds is 6. The Balaban J connectivity index is 1.95. The quantitative estimate of drug-likeness (QED) is 0.800. The molecule has 1 heterocycles. The summed E-state index contributed by atoms with van der Waals surface area (Å²) < 4.78 is 0. The van der Waals surface area contributed by atoms with Gasteiger partial charge in [0.25, 0.3) is 0 Å². The molecular weight excluding hydrogens is 270 g/mol. The van der Waals surface area contributed by atoms with E-state index in [0.717, 1.165) is 44.2 Å². The molecular formula is C19H27N3. The number of nitrogens with two attached hydrogens (primary N) is 2. The fourth-order valence-electron chi connectivity index (χ4n) is 3.66. The van der Waals surface area contributed by atoms with Gasteiger partial charge in [-0.15, -0.1) is 0 Å². The second-order valence-electron chi connectivity index (χ2n) is 6.42. The predicted molar refractivity (Wildman–Crippen MR) is 92.8 cm³/mol. The Morgan fingerprint density at radius 1 is 1.05 bits per heavy atom. The number of para-hydroxylation sites is 1. The molecule has 118 valence electrons. The van der Waals surface area contributed by atoms with Crippen LogP contribution in [-0.2, 0) is 12.8 Å². The number of aromatic nitrogens is 1. The molecule has 3 heteroatoms. The molecule has 0 fully saturated rings. The molecule has 2 aromatic rings. The summed E-state index contributed by atoms with van der Waals surface area (Å²) >= 11 is 0. The second-order valence-corrected chi connectivity index (χ2v) is 6.42. The van der Waals surface area contributed by atoms with Gasteiger partial charge in [-0.1, -0.05) is 31.0 Å². The average Bonchev–Trinajstić information content (AvgIpc) is 2.56. The van der Waals surface area contributed by atoms with E-state index in [4.69, 9.17) is 16.5 Å². The number of unbranched alkanes of at least 4 members (excludes halogenated alkanes) is 2. The Kier molecular flexibility index (Phi) is 5.06. The van der Waals surface area contributed by atoms with Gasteiger partial charge in [0.15, 0.2) is 0 Å². The van der Waals surface area contributed by atoms with Crippen LogP contribution >= 0.6 is 0 Å². The molecule has 3 rings (SSSR count). The molecule has 1 aliphatic carbocycles. The van der Waals surface area contributed by atoms with E-state index in [2.05, 4.69) is 24.3 Å². The first-order valence-electron chi connectivity index (χ1n) is 8.67. The van der Waals surface area contributed by atoms with E-state index in [1.165, 1.54) is 41.5 Å². The molecule has 1 aromatic heterocycles. The highest BCUT2D eigenvalue weighted by Crippen LogP contribution is 2.34. The maximum Gasteiger partial charge on any atom is 0.0708 e. The van der Waals surface area contributed by atoms with E-state index >= 15 is 0 Å². The first kappa shape index (κ1) is 15.4. The van der Waals surface area contributed by atoms with Gasteiger partial charge in [-0.25, -0.2) is 0 Å². The van der Waals surface area contributed by atoms with Crippen LogP contribution in [0.2, 0.25) is 0 Å². The van der Waals surface area contributed by atoms with Gasteiger partial charge >= 0.3 is 0 Å². The maximum absolute atomic E-state index is 6.61. The molecule has 0 aliphatic heterocycles. The SMILES string of the molecule is NCCCCCC(N)c1c2c(nc3ccccc13)CCCC2. The molecule has 1 atom stereocenters. The predicted octanol–water partition coefficient (Wildman–Crippen LogP) is 3.63. The zero-order valence-electron chi connectivity index (χ0n) is 13.4. The minimum atomic E-state index is 0.123. The van der Waals surface area contributed by atoms with E-state index in [1.807, 2.05) is 0 Å². The summed E-state index contributed by atoms with van der Waals surface area (Å²) in [5, 5.41) is 1.26. The fraction of sp³-hybridized carbons (Fsp3) is 0.526. The van der Waals surface area contributed by atoms with Gasteiger partial charge in [-0.2, -0.15) is 0 Å². The van der Waals surface area contributed by atoms with Gasteiger partial charge < -0.3 is 11.5 Å². The number of pyridine rings is 1. The molecule has 3 nitrogen and oxygen atoms in total. The van der Waals surface area contributed by atoms with Crippen LogP contribution in [0.4, 0.5) is 0 Å². The number of hydrogen-bond acceptors (Lipinski definition) is 3. The largest absolute Gasteiger partial charge is 0.330 e. The molecule has 0 saturated carbocycles. The van der Waals surface area contributed by atoms with Crippen molar-refractivity contribution in [1.82, 2.24) is 4.98 Å². The van der Waals surface area contributed by atoms with Gasteiger partial charge in [0.1, 0.15) is 0 Å². The Labute approximate surface area is 133 Å². The molecule has 22 heavy (non-hydrogen) atoms. The van der Waals surface area contributed by atoms with Crippen LogP contribution in [0.5, 0.6) is 0 Å². The lowest BCUT2D eigenvalue weighted by Crippen LogP contribution is -2.18. The van der Waals surface area contributed by atoms with E-state index in [1.54, 1.807) is 0 Å². The Bertz CT molecular complexity index is 636. The third-order valence-corrected chi connectivity index (χ3v) is 4.80. The van der Waals surface area contributed by atoms with Crippen LogP contribution in [0.25, 0.3) is 10.9 Å². The van der Waals surface area contributed by atoms with Crippen LogP contribution in [0.1, 0.15) is 61.4 Å². The van der Waals surface area contributed by atoms with Gasteiger partial charge in [-0.05, 0) is 62.3 Å². The topological polar surface area (TPSA) is 64.9 Å². The van der Waals surface area contributed by atoms with Gasteiger partial charge in [0, 0.05) is 17.1 Å². The van der Waals surface area contributed by atoms with Crippen molar-refractivity contribution in [2.45, 2.75) is 57.4 Å². The van der Waals surface area contributed by atoms with E-state index in [9.17, 15) is 0 Å². The summed E-state index contributed by atoms with van der Waals surface area (Å²) in [4.78, 5) is 4.90. The van der Waals surface area contributed by atoms with Gasteiger partial charge in [-0.3, -0.25) is 4.98 Å². The van der Waals surface area contributed by atoms with E-state index in [0.29, 0.717) is 0 Å². The van der Waals surface area contributed by atoms with Crippen molar-refractivity contribution in [3.8, 4) is 0 Å². The number of nitrogens with zero attached hydrogens (tertiary/aromatic N) is 1. The Morgan fingerprint density at radius 2 is 1.86 bits per heavy atom. The normalized spacial score (nSPS) is 15.7. The third kappa shape index (κ3) is 3.16. The minimum absolute atomic E-state index is 0.123. The number of benzene rings is 1. The van der Waals surface area contributed by atoms with Crippen LogP contribution in [0.3, 0.4) is 0 Å². The van der Waals surface area contributed by atoms with Crippen molar-refractivity contribution >= 4 is 10.9 Å². The molecule has 0 saturated heterocycles. The maximum atomic E-state index is 6.61. The van der Waals surface area contributed by atoms with E-state index < -0.39 is 0 Å². The molecule has 0 bridgehead atoms. The highest BCUT2D eigenvalue weighted by atomic mass is 14.7. The van der Waals surface area contributed by atoms with Crippen molar-refractivity contribution in [2.75, 3.05) is 6.54 Å². The first-order chi connectivity index (χ1) is 10.8. The number of hydrogen-bond donors (Lipinski definition) is 2. The minimum Gasteiger partial charge on any atom is -0.330 e. The number of aryl methyl sites for hydroxylation is 1. The fourth-order valence-corrected chi connectivity index (χ4v) is 3.66. The lowest BCUT2D eigenvalue weighted by molar-refractivity contribution is 0.565. The zero-order valence-corrected chi connectivity index (χ0v) is 13.4. The Morgan fingerprint density at radius 3 is 2.73 bits per heavy atom. The van der Waals surface area contributed by atoms with Crippen molar-refractivity contribution in [3.05, 3.63) is 41.1 Å². The van der Waals surface area contributed by atoms with Crippen LogP contribution in [-0.4, -0.2) is 11.5 Å². The van der Waals surface area contributed by atoms with Crippen molar-refractivity contribution in [3.63, 3.8) is 0 Å².